The molecule has 0 saturated carbocycles. The van der Waals surface area contributed by atoms with Crippen molar-refractivity contribution in [3.63, 3.8) is 0 Å². The third-order valence-corrected chi connectivity index (χ3v) is 2.17. The minimum absolute atomic E-state index is 0.194. The first kappa shape index (κ1) is 8.98. The Labute approximate surface area is 73.5 Å². The average molecular weight is 162 g/mol. The molecule has 0 N–H and O–H groups in total. The minimum atomic E-state index is -0.342. The molecule has 1 heteroatoms. The van der Waals surface area contributed by atoms with Gasteiger partial charge in [-0.15, -0.1) is 0 Å². The maximum absolute atomic E-state index is 11.7. The van der Waals surface area contributed by atoms with Crippen molar-refractivity contribution in [1.82, 2.24) is 0 Å². The van der Waals surface area contributed by atoms with Gasteiger partial charge in [0, 0.05) is 11.0 Å². The van der Waals surface area contributed by atoms with Crippen molar-refractivity contribution < 1.29 is 4.79 Å². The van der Waals surface area contributed by atoms with E-state index in [0.29, 0.717) is 0 Å². The van der Waals surface area contributed by atoms with E-state index < -0.39 is 0 Å². The van der Waals surface area contributed by atoms with Gasteiger partial charge in [-0.1, -0.05) is 24.8 Å². The summed E-state index contributed by atoms with van der Waals surface area (Å²) in [5.41, 5.74) is 1.42. The standard InChI is InChI=1S/C11H14O/c1-5-8-7-11(3,4)10(12)9(8)6-2/h5-7H,1H2,2-4H3/b9-6-. The van der Waals surface area contributed by atoms with Crippen LogP contribution in [0.2, 0.25) is 0 Å². The van der Waals surface area contributed by atoms with Crippen LogP contribution in [0.15, 0.2) is 36.0 Å². The SMILES string of the molecule is C=CC1=CC(C)(C)C(=O)/C1=C\C. The van der Waals surface area contributed by atoms with Crippen molar-refractivity contribution in [2.24, 2.45) is 5.41 Å². The fourth-order valence-corrected chi connectivity index (χ4v) is 1.48. The van der Waals surface area contributed by atoms with Crippen LogP contribution in [0, 0.1) is 5.41 Å². The molecule has 0 atom stereocenters. The summed E-state index contributed by atoms with van der Waals surface area (Å²) in [6.07, 6.45) is 5.56. The number of hydrogen-bond donors (Lipinski definition) is 0. The normalized spacial score (nSPS) is 24.4. The van der Waals surface area contributed by atoms with E-state index in [9.17, 15) is 4.79 Å². The van der Waals surface area contributed by atoms with Gasteiger partial charge in [0.1, 0.15) is 0 Å². The van der Waals surface area contributed by atoms with E-state index in [1.807, 2.05) is 32.9 Å². The fourth-order valence-electron chi connectivity index (χ4n) is 1.48. The Balaban J connectivity index is 3.20. The van der Waals surface area contributed by atoms with Crippen LogP contribution in [0.3, 0.4) is 0 Å². The largest absolute Gasteiger partial charge is 0.293 e. The Kier molecular flexibility index (Phi) is 2.05. The van der Waals surface area contributed by atoms with E-state index in [1.54, 1.807) is 6.08 Å². The molecule has 1 aliphatic carbocycles. The number of rotatable bonds is 1. The van der Waals surface area contributed by atoms with Crippen LogP contribution in [0.25, 0.3) is 0 Å². The summed E-state index contributed by atoms with van der Waals surface area (Å²) >= 11 is 0. The number of hydrogen-bond acceptors (Lipinski definition) is 1. The van der Waals surface area contributed by atoms with Crippen molar-refractivity contribution in [2.45, 2.75) is 20.8 Å². The second-order valence-corrected chi connectivity index (χ2v) is 3.56. The van der Waals surface area contributed by atoms with Gasteiger partial charge in [-0.3, -0.25) is 4.79 Å². The summed E-state index contributed by atoms with van der Waals surface area (Å²) in [6, 6.07) is 0. The maximum atomic E-state index is 11.7. The van der Waals surface area contributed by atoms with Crippen molar-refractivity contribution in [3.05, 3.63) is 36.0 Å². The van der Waals surface area contributed by atoms with Gasteiger partial charge in [-0.25, -0.2) is 0 Å². The zero-order chi connectivity index (χ0) is 9.35. The summed E-state index contributed by atoms with van der Waals surface area (Å²) in [5.74, 6) is 0.194. The molecule has 1 aliphatic rings. The van der Waals surface area contributed by atoms with Gasteiger partial charge >= 0.3 is 0 Å². The van der Waals surface area contributed by atoms with E-state index in [2.05, 4.69) is 6.58 Å². The number of carbonyl (C=O) groups excluding carboxylic acids is 1. The van der Waals surface area contributed by atoms with Crippen LogP contribution in [-0.4, -0.2) is 5.78 Å². The molecule has 0 radical (unpaired) electrons. The van der Waals surface area contributed by atoms with E-state index in [4.69, 9.17) is 0 Å². The molecule has 0 saturated heterocycles. The topological polar surface area (TPSA) is 17.1 Å². The highest BCUT2D eigenvalue weighted by Gasteiger charge is 2.34. The molecule has 0 aromatic heterocycles. The zero-order valence-corrected chi connectivity index (χ0v) is 7.85. The average Bonchev–Trinajstić information content (AvgIpc) is 2.24. The van der Waals surface area contributed by atoms with Gasteiger partial charge in [0.15, 0.2) is 5.78 Å². The monoisotopic (exact) mass is 162 g/mol. The predicted molar refractivity (Wildman–Crippen MR) is 50.8 cm³/mol. The quantitative estimate of drug-likeness (QED) is 0.542. The van der Waals surface area contributed by atoms with Crippen LogP contribution >= 0.6 is 0 Å². The lowest BCUT2D eigenvalue weighted by Gasteiger charge is -2.11. The molecule has 0 bridgehead atoms. The third-order valence-electron chi connectivity index (χ3n) is 2.17. The Morgan fingerprint density at radius 1 is 1.50 bits per heavy atom. The second-order valence-electron chi connectivity index (χ2n) is 3.56. The van der Waals surface area contributed by atoms with E-state index in [1.165, 1.54) is 0 Å². The van der Waals surface area contributed by atoms with Crippen molar-refractivity contribution in [1.29, 1.82) is 0 Å². The highest BCUT2D eigenvalue weighted by atomic mass is 16.1. The molecule has 0 aliphatic heterocycles. The van der Waals surface area contributed by atoms with Gasteiger partial charge in [0.05, 0.1) is 0 Å². The fraction of sp³-hybridized carbons (Fsp3) is 0.364. The molecule has 0 amide bonds. The summed E-state index contributed by atoms with van der Waals surface area (Å²) in [6.45, 7) is 9.41. The van der Waals surface area contributed by atoms with Crippen molar-refractivity contribution >= 4 is 5.78 Å². The Morgan fingerprint density at radius 2 is 2.08 bits per heavy atom. The number of ketones is 1. The van der Waals surface area contributed by atoms with Gasteiger partial charge in [-0.05, 0) is 26.3 Å². The van der Waals surface area contributed by atoms with Gasteiger partial charge in [0.2, 0.25) is 0 Å². The summed E-state index contributed by atoms with van der Waals surface area (Å²) in [4.78, 5) is 11.7. The summed E-state index contributed by atoms with van der Waals surface area (Å²) in [7, 11) is 0. The first-order chi connectivity index (χ1) is 5.53. The lowest BCUT2D eigenvalue weighted by atomic mass is 9.91. The van der Waals surface area contributed by atoms with Crippen LogP contribution in [-0.2, 0) is 4.79 Å². The van der Waals surface area contributed by atoms with Crippen LogP contribution in [0.4, 0.5) is 0 Å². The van der Waals surface area contributed by atoms with Crippen LogP contribution in [0.5, 0.6) is 0 Å². The Hall–Kier alpha value is -1.11. The van der Waals surface area contributed by atoms with E-state index in [0.717, 1.165) is 11.1 Å². The second kappa shape index (κ2) is 2.74. The van der Waals surface area contributed by atoms with Crippen molar-refractivity contribution in [2.75, 3.05) is 0 Å². The predicted octanol–water partition coefficient (Wildman–Crippen LogP) is 2.65. The van der Waals surface area contributed by atoms with Gasteiger partial charge in [0.25, 0.3) is 0 Å². The lowest BCUT2D eigenvalue weighted by molar-refractivity contribution is -0.120. The summed E-state index contributed by atoms with van der Waals surface area (Å²) < 4.78 is 0. The molecule has 1 nitrogen and oxygen atoms in total. The van der Waals surface area contributed by atoms with Crippen molar-refractivity contribution in [3.8, 4) is 0 Å². The number of Topliss-reactive ketones (excluding diaryl/α,β-unsaturated/α-hetero) is 1. The van der Waals surface area contributed by atoms with Crippen LogP contribution < -0.4 is 0 Å². The minimum Gasteiger partial charge on any atom is -0.293 e. The number of allylic oxidation sites excluding steroid dienone is 5. The molecule has 0 aromatic carbocycles. The highest BCUT2D eigenvalue weighted by Crippen LogP contribution is 2.35. The number of carbonyl (C=O) groups is 1. The molecule has 1 rings (SSSR count). The molecule has 0 heterocycles. The third kappa shape index (κ3) is 1.15. The first-order valence-corrected chi connectivity index (χ1v) is 4.09. The lowest BCUT2D eigenvalue weighted by Crippen LogP contribution is -2.17. The molecule has 0 aromatic rings. The maximum Gasteiger partial charge on any atom is 0.172 e. The molecule has 12 heavy (non-hydrogen) atoms. The Morgan fingerprint density at radius 3 is 2.42 bits per heavy atom. The molecule has 64 valence electrons. The van der Waals surface area contributed by atoms with E-state index in [-0.39, 0.29) is 11.2 Å². The highest BCUT2D eigenvalue weighted by molar-refractivity contribution is 6.08. The van der Waals surface area contributed by atoms with Gasteiger partial charge in [-0.2, -0.15) is 0 Å². The first-order valence-electron chi connectivity index (χ1n) is 4.09. The van der Waals surface area contributed by atoms with Gasteiger partial charge < -0.3 is 0 Å². The summed E-state index contributed by atoms with van der Waals surface area (Å²) in [5, 5.41) is 0. The molecule has 0 unspecified atom stereocenters. The molecular weight excluding hydrogens is 148 g/mol. The van der Waals surface area contributed by atoms with Crippen LogP contribution in [0.1, 0.15) is 20.8 Å². The molecule has 0 fully saturated rings. The smallest absolute Gasteiger partial charge is 0.172 e. The Bertz CT molecular complexity index is 290. The zero-order valence-electron chi connectivity index (χ0n) is 7.85. The molecule has 0 spiro atoms. The molecular formula is C11H14O. The van der Waals surface area contributed by atoms with E-state index >= 15 is 0 Å².